The van der Waals surface area contributed by atoms with Gasteiger partial charge in [-0.3, -0.25) is 9.59 Å². The number of rotatable bonds is 31. The molecule has 540 valence electrons. The molecule has 13 nitrogen and oxygen atoms in total. The van der Waals surface area contributed by atoms with Crippen molar-refractivity contribution in [2.24, 2.45) is 34.0 Å². The Hall–Kier alpha value is -5.24. The van der Waals surface area contributed by atoms with Gasteiger partial charge in [-0.1, -0.05) is 255 Å². The second-order valence-corrected chi connectivity index (χ2v) is 42.3. The van der Waals surface area contributed by atoms with Crippen LogP contribution in [0, 0.1) is 41.9 Å². The average molecular weight is 1400 g/mol. The van der Waals surface area contributed by atoms with Crippen molar-refractivity contribution in [2.75, 3.05) is 27.3 Å². The molecule has 4 aromatic carbocycles. The number of carbonyl (C=O) groups is 2. The molecule has 0 saturated heterocycles. The number of hydrogen-bond donors (Lipinski definition) is 5. The Labute approximate surface area is 591 Å². The minimum Gasteiger partial charge on any atom is -0.481 e. The van der Waals surface area contributed by atoms with Crippen molar-refractivity contribution in [1.29, 1.82) is 0 Å². The van der Waals surface area contributed by atoms with Gasteiger partial charge in [0.2, 0.25) is 0 Å². The summed E-state index contributed by atoms with van der Waals surface area (Å²) in [5.74, 6) is 3.06. The van der Waals surface area contributed by atoms with Crippen molar-refractivity contribution < 1.29 is 42.5 Å². The minimum atomic E-state index is -2.50. The summed E-state index contributed by atoms with van der Waals surface area (Å²) in [5.41, 5.74) is 0. The Kier molecular flexibility index (Phi) is 46.1. The van der Waals surface area contributed by atoms with Crippen molar-refractivity contribution in [1.82, 2.24) is 15.4 Å². The first-order valence-corrected chi connectivity index (χ1v) is 40.2. The van der Waals surface area contributed by atoms with Gasteiger partial charge in [0.05, 0.1) is 32.8 Å². The van der Waals surface area contributed by atoms with E-state index in [1.165, 1.54) is 20.7 Å². The monoisotopic (exact) mass is 1400 g/mol. The van der Waals surface area contributed by atoms with Crippen LogP contribution in [0.5, 0.6) is 0 Å². The molecule has 17 heteroatoms. The number of aliphatic carboxylic acids is 2. The Morgan fingerprint density at radius 3 is 1.22 bits per heavy atom. The zero-order chi connectivity index (χ0) is 72.6. The van der Waals surface area contributed by atoms with E-state index in [1.807, 2.05) is 67.8 Å². The van der Waals surface area contributed by atoms with Crippen LogP contribution in [0.1, 0.15) is 190 Å². The lowest BCUT2D eigenvalue weighted by Crippen LogP contribution is -2.66. The van der Waals surface area contributed by atoms with Gasteiger partial charge in [-0.05, 0) is 149 Å². The molecule has 4 rings (SSSR count). The normalized spacial score (nSPS) is 14.3. The van der Waals surface area contributed by atoms with Crippen LogP contribution in [0.3, 0.4) is 0 Å². The molecule has 0 saturated carbocycles. The lowest BCUT2D eigenvalue weighted by molar-refractivity contribution is -0.139. The Bertz CT molecular complexity index is 2850. The molecule has 0 heterocycles. The third-order valence-corrected chi connectivity index (χ3v) is 28.2. The molecular formula is C79H130N4O9S2Si2. The number of hydrogen-bond acceptors (Lipinski definition) is 8. The van der Waals surface area contributed by atoms with E-state index in [-0.39, 0.29) is 43.6 Å². The quantitative estimate of drug-likeness (QED) is 0.0106. The molecule has 7 N–H and O–H groups in total. The van der Waals surface area contributed by atoms with Crippen molar-refractivity contribution >= 4 is 77.5 Å². The van der Waals surface area contributed by atoms with E-state index in [0.29, 0.717) is 49.3 Å². The summed E-state index contributed by atoms with van der Waals surface area (Å²) in [5, 5.41) is 28.6. The third kappa shape index (κ3) is 36.6. The van der Waals surface area contributed by atoms with Gasteiger partial charge in [-0.25, -0.2) is 13.1 Å². The SMILES string of the molecule is C#CCCO[Si](c1ccccc1)(c1ccccc1)C(C)(C)C.CC(C)CC=N[S@](=O)C(C)(C)C.CC(C)C[C@@H](/C=C/CCO[Si](c1ccccc1)(c1ccccc1)C(C)(C)C)N[S@](=O)C(C)(C)C.CN[C@H](/C=C/CC(=O)O)CC(C)C.CN[C@H](/C=C/[C@H](C)C(=O)O)CC(C)C.O. The average Bonchev–Trinajstić information content (AvgIpc) is 0.759. The lowest BCUT2D eigenvalue weighted by Gasteiger charge is -2.43. The fourth-order valence-electron chi connectivity index (χ4n) is 10.1. The highest BCUT2D eigenvalue weighted by molar-refractivity contribution is 7.85. The highest BCUT2D eigenvalue weighted by atomic mass is 32.2. The van der Waals surface area contributed by atoms with E-state index in [4.69, 9.17) is 25.5 Å². The number of terminal acetylenes is 1. The van der Waals surface area contributed by atoms with E-state index in [2.05, 4.69) is 256 Å². The molecule has 0 aliphatic heterocycles. The molecule has 0 spiro atoms. The minimum absolute atomic E-state index is 0. The van der Waals surface area contributed by atoms with E-state index in [0.717, 1.165) is 32.1 Å². The number of carboxylic acid groups (broad SMARTS) is 2. The number of nitrogens with zero attached hydrogens (tertiary/aromatic N) is 1. The highest BCUT2D eigenvalue weighted by Gasteiger charge is 2.51. The van der Waals surface area contributed by atoms with Crippen LogP contribution in [0.4, 0.5) is 0 Å². The summed E-state index contributed by atoms with van der Waals surface area (Å²) in [6.07, 6.45) is 24.4. The second-order valence-electron chi connectivity index (χ2n) is 29.8. The maximum absolute atomic E-state index is 12.6. The summed E-state index contributed by atoms with van der Waals surface area (Å²) in [6.45, 7) is 45.7. The fourth-order valence-corrected chi connectivity index (χ4v) is 20.6. The molecule has 0 unspecified atom stereocenters. The molecular weight excluding hydrogens is 1270 g/mol. The van der Waals surface area contributed by atoms with E-state index >= 15 is 0 Å². The molecule has 0 radical (unpaired) electrons. The fraction of sp³-hybridized carbons (Fsp3) is 0.557. The van der Waals surface area contributed by atoms with E-state index in [1.54, 1.807) is 25.3 Å². The Morgan fingerprint density at radius 2 is 0.906 bits per heavy atom. The molecule has 0 fully saturated rings. The van der Waals surface area contributed by atoms with E-state index < -0.39 is 56.5 Å². The van der Waals surface area contributed by atoms with Gasteiger partial charge in [-0.15, -0.1) is 12.3 Å². The van der Waals surface area contributed by atoms with Crippen LogP contribution < -0.4 is 36.1 Å². The highest BCUT2D eigenvalue weighted by Crippen LogP contribution is 2.38. The van der Waals surface area contributed by atoms with Crippen LogP contribution in [0.15, 0.2) is 162 Å². The first-order valence-electron chi connectivity index (χ1n) is 34.1. The van der Waals surface area contributed by atoms with Crippen molar-refractivity contribution in [2.45, 2.75) is 228 Å². The standard InChI is InChI=1S/C29H45NO2SSi.C20H24OSi.C11H21NO2.C10H19NO2.C9H19NOS.H2O/c1-24(2)23-25(30-33(31)28(3,4)5)17-15-16-22-32-34(29(6,7)8,26-18-11-9-12-19-26)27-20-13-10-14-21-27;1-5-6-17-21-22(20(2,3)4,18-13-9-7-10-14-18)19-15-11-8-12-16-19;1-8(2)7-10(12-4)6-5-9(3)11(13)14;1-8(2)7-9(11-3)5-4-6-10(12)13;1-8(2)6-7-10-12(11)9(3,4)5;/h9-15,17-21,24-25,30H,16,22-23H2,1-8H3;1,7-16H,6,17H2,2-4H3;5-6,8-10,12H,7H2,1-4H3,(H,13,14);4-5,8-9,11H,6-7H2,1-3H3,(H,12,13);7-8H,6H2,1-5H3;1H2/b17-15+;;6-5+;5-4+;;/t25-,33-;;9-,10+;9-;12-;/m1.011./s1. The second kappa shape index (κ2) is 47.7. The van der Waals surface area contributed by atoms with Gasteiger partial charge in [0.25, 0.3) is 16.6 Å². The summed E-state index contributed by atoms with van der Waals surface area (Å²) in [4.78, 5) is 20.8. The maximum atomic E-state index is 12.6. The number of benzene rings is 4. The number of carboxylic acids is 2. The zero-order valence-corrected chi connectivity index (χ0v) is 66.9. The van der Waals surface area contributed by atoms with Gasteiger partial charge < -0.3 is 35.2 Å². The zero-order valence-electron chi connectivity index (χ0n) is 63.3. The van der Waals surface area contributed by atoms with Crippen LogP contribution in [0.2, 0.25) is 10.1 Å². The maximum Gasteiger partial charge on any atom is 0.310 e. The van der Waals surface area contributed by atoms with E-state index in [9.17, 15) is 18.0 Å². The molecule has 0 amide bonds. The molecule has 0 aliphatic carbocycles. The van der Waals surface area contributed by atoms with Crippen LogP contribution >= 0.6 is 0 Å². The van der Waals surface area contributed by atoms with Crippen LogP contribution in [-0.4, -0.2) is 114 Å². The molecule has 6 atom stereocenters. The van der Waals surface area contributed by atoms with Gasteiger partial charge in [0.15, 0.2) is 0 Å². The Balaban J connectivity index is 0. The summed E-state index contributed by atoms with van der Waals surface area (Å²) in [6, 6.07) is 43.4. The molecule has 0 bridgehead atoms. The van der Waals surface area contributed by atoms with Gasteiger partial charge in [0, 0.05) is 44.0 Å². The summed E-state index contributed by atoms with van der Waals surface area (Å²) < 4.78 is 44.4. The van der Waals surface area contributed by atoms with Gasteiger partial charge in [0.1, 0.15) is 11.0 Å². The predicted molar refractivity (Wildman–Crippen MR) is 420 cm³/mol. The summed E-state index contributed by atoms with van der Waals surface area (Å²) >= 11 is 0. The van der Waals surface area contributed by atoms with Crippen LogP contribution in [-0.2, 0) is 40.4 Å². The topological polar surface area (TPSA) is 207 Å². The van der Waals surface area contributed by atoms with Crippen molar-refractivity contribution in [3.63, 3.8) is 0 Å². The molecule has 4 aromatic rings. The molecule has 0 aliphatic rings. The van der Waals surface area contributed by atoms with Crippen molar-refractivity contribution in [3.05, 3.63) is 158 Å². The number of likely N-dealkylation sites (N-methyl/N-ethyl adjacent to an activating group) is 2. The first-order chi connectivity index (χ1) is 44.3. The van der Waals surface area contributed by atoms with Gasteiger partial charge in [-0.2, -0.15) is 4.40 Å². The summed E-state index contributed by atoms with van der Waals surface area (Å²) in [7, 11) is -3.28. The third-order valence-electron chi connectivity index (χ3n) is 15.1. The smallest absolute Gasteiger partial charge is 0.310 e. The van der Waals surface area contributed by atoms with Crippen molar-refractivity contribution in [3.8, 4) is 12.3 Å². The first kappa shape index (κ1) is 92.8. The van der Waals surface area contributed by atoms with Gasteiger partial charge >= 0.3 is 11.9 Å². The largest absolute Gasteiger partial charge is 0.481 e. The predicted octanol–water partition coefficient (Wildman–Crippen LogP) is 14.9. The number of nitrogens with one attached hydrogen (secondary N) is 3. The molecule has 96 heavy (non-hydrogen) atoms. The Morgan fingerprint density at radius 1 is 0.542 bits per heavy atom. The van der Waals surface area contributed by atoms with Crippen LogP contribution in [0.25, 0.3) is 0 Å². The lowest BCUT2D eigenvalue weighted by atomic mass is 10.0. The molecule has 0 aromatic heterocycles.